The minimum Gasteiger partial charge on any atom is -0.322 e. The van der Waals surface area contributed by atoms with Gasteiger partial charge in [-0.1, -0.05) is 30.3 Å². The Kier molecular flexibility index (Phi) is 6.38. The molecule has 11 nitrogen and oxygen atoms in total. The number of rotatable bonds is 7. The van der Waals surface area contributed by atoms with Crippen LogP contribution in [-0.2, 0) is 10.0 Å². The molecule has 1 aromatic heterocycles. The van der Waals surface area contributed by atoms with Crippen LogP contribution in [0.4, 0.5) is 17.1 Å². The number of nitro benzene ring substituents is 1. The summed E-state index contributed by atoms with van der Waals surface area (Å²) in [7, 11) is -4.22. The lowest BCUT2D eigenvalue weighted by Crippen LogP contribution is -2.18. The molecule has 0 saturated heterocycles. The van der Waals surface area contributed by atoms with Crippen LogP contribution in [0.5, 0.6) is 0 Å². The Hall–Kier alpha value is -4.84. The molecule has 0 saturated carbocycles. The maximum Gasteiger partial charge on any atom is 0.270 e. The number of sulfonamides is 1. The number of hydrogen-bond acceptors (Lipinski definition) is 7. The van der Waals surface area contributed by atoms with Crippen molar-refractivity contribution in [2.75, 3.05) is 10.0 Å². The highest BCUT2D eigenvalue weighted by Gasteiger charge is 2.21. The molecule has 0 bridgehead atoms. The van der Waals surface area contributed by atoms with Crippen LogP contribution >= 0.6 is 0 Å². The molecule has 4 aromatic rings. The van der Waals surface area contributed by atoms with Gasteiger partial charge in [-0.3, -0.25) is 24.4 Å². The second kappa shape index (κ2) is 9.57. The monoisotopic (exact) mass is 491 g/mol. The van der Waals surface area contributed by atoms with Gasteiger partial charge in [0.05, 0.1) is 26.8 Å². The lowest BCUT2D eigenvalue weighted by Gasteiger charge is -2.13. The van der Waals surface area contributed by atoms with Crippen LogP contribution in [0.25, 0.3) is 11.3 Å². The summed E-state index contributed by atoms with van der Waals surface area (Å²) < 4.78 is 28.0. The molecule has 0 atom stereocenters. The second-order valence-electron chi connectivity index (χ2n) is 7.25. The number of hydrogen-bond donors (Lipinski definition) is 3. The van der Waals surface area contributed by atoms with Crippen molar-refractivity contribution in [3.8, 4) is 11.3 Å². The van der Waals surface area contributed by atoms with E-state index >= 15 is 0 Å². The summed E-state index contributed by atoms with van der Waals surface area (Å²) in [4.78, 5) is 34.2. The van der Waals surface area contributed by atoms with Crippen molar-refractivity contribution in [1.29, 1.82) is 0 Å². The van der Waals surface area contributed by atoms with Crippen LogP contribution in [0.1, 0.15) is 10.4 Å². The number of carbonyl (C=O) groups is 1. The topological polar surface area (TPSA) is 164 Å². The van der Waals surface area contributed by atoms with Gasteiger partial charge in [0.25, 0.3) is 27.2 Å². The van der Waals surface area contributed by atoms with E-state index < -0.39 is 20.9 Å². The Morgan fingerprint density at radius 2 is 1.71 bits per heavy atom. The molecule has 3 N–H and O–H groups in total. The standard InChI is InChI=1S/C23H17N5O6S/c29-22-12-11-20(25-26-22)15-5-3-6-16(13-15)24-23(30)19-9-1-2-10-21(19)27-35(33,34)18-8-4-7-17(14-18)28(31)32/h1-14,27H,(H,24,30)(H,26,29). The number of nitro groups is 1. The Balaban J connectivity index is 1.59. The lowest BCUT2D eigenvalue weighted by atomic mass is 10.1. The first-order valence-electron chi connectivity index (χ1n) is 10.1. The van der Waals surface area contributed by atoms with Crippen LogP contribution in [0.2, 0.25) is 0 Å². The van der Waals surface area contributed by atoms with E-state index in [1.165, 1.54) is 42.5 Å². The summed E-state index contributed by atoms with van der Waals surface area (Å²) in [5.41, 5.74) is 0.851. The van der Waals surface area contributed by atoms with E-state index in [1.807, 2.05) is 0 Å². The molecule has 0 aliphatic carbocycles. The molecular formula is C23H17N5O6S. The zero-order chi connectivity index (χ0) is 25.0. The van der Waals surface area contributed by atoms with E-state index in [9.17, 15) is 28.1 Å². The van der Waals surface area contributed by atoms with E-state index in [0.29, 0.717) is 16.9 Å². The zero-order valence-corrected chi connectivity index (χ0v) is 18.7. The van der Waals surface area contributed by atoms with Gasteiger partial charge in [-0.25, -0.2) is 13.5 Å². The van der Waals surface area contributed by atoms with E-state index in [4.69, 9.17) is 0 Å². The number of carbonyl (C=O) groups excluding carboxylic acids is 1. The highest BCUT2D eigenvalue weighted by atomic mass is 32.2. The number of benzene rings is 3. The van der Waals surface area contributed by atoms with Crippen LogP contribution in [-0.4, -0.2) is 29.4 Å². The van der Waals surface area contributed by atoms with Crippen LogP contribution in [0.15, 0.2) is 94.6 Å². The van der Waals surface area contributed by atoms with E-state index in [0.717, 1.165) is 6.07 Å². The van der Waals surface area contributed by atoms with Crippen molar-refractivity contribution < 1.29 is 18.1 Å². The molecule has 0 unspecified atom stereocenters. The molecule has 0 radical (unpaired) electrons. The maximum absolute atomic E-state index is 13.0. The zero-order valence-electron chi connectivity index (χ0n) is 17.8. The third kappa shape index (κ3) is 5.39. The molecule has 0 aliphatic rings. The van der Waals surface area contributed by atoms with Gasteiger partial charge in [0.15, 0.2) is 0 Å². The first kappa shape index (κ1) is 23.3. The SMILES string of the molecule is O=C(Nc1cccc(-c2ccc(=O)[nH]n2)c1)c1ccccc1NS(=O)(=O)c1cccc([N+](=O)[O-])c1. The van der Waals surface area contributed by atoms with Crippen molar-refractivity contribution in [3.05, 3.63) is 111 Å². The highest BCUT2D eigenvalue weighted by Crippen LogP contribution is 2.25. The molecule has 3 aromatic carbocycles. The number of nitrogens with zero attached hydrogens (tertiary/aromatic N) is 2. The summed E-state index contributed by atoms with van der Waals surface area (Å²) in [5, 5.41) is 20.0. The smallest absolute Gasteiger partial charge is 0.270 e. The summed E-state index contributed by atoms with van der Waals surface area (Å²) in [6.45, 7) is 0. The maximum atomic E-state index is 13.0. The molecule has 0 fully saturated rings. The van der Waals surface area contributed by atoms with Gasteiger partial charge < -0.3 is 5.32 Å². The largest absolute Gasteiger partial charge is 0.322 e. The molecule has 35 heavy (non-hydrogen) atoms. The molecule has 1 amide bonds. The third-order valence-electron chi connectivity index (χ3n) is 4.85. The predicted octanol–water partition coefficient (Wildman–Crippen LogP) is 3.40. The number of non-ortho nitro benzene ring substituents is 1. The molecule has 4 rings (SSSR count). The summed E-state index contributed by atoms with van der Waals surface area (Å²) in [5.74, 6) is -0.589. The second-order valence-corrected chi connectivity index (χ2v) is 8.93. The molecule has 0 aliphatic heterocycles. The molecule has 0 spiro atoms. The van der Waals surface area contributed by atoms with Gasteiger partial charge >= 0.3 is 0 Å². The van der Waals surface area contributed by atoms with Crippen LogP contribution in [0, 0.1) is 10.1 Å². The number of H-pyrrole nitrogens is 1. The van der Waals surface area contributed by atoms with Gasteiger partial charge in [0, 0.05) is 29.4 Å². The molecule has 12 heteroatoms. The van der Waals surface area contributed by atoms with Gasteiger partial charge in [-0.2, -0.15) is 5.10 Å². The number of aromatic nitrogens is 2. The molecule has 1 heterocycles. The number of nitrogens with one attached hydrogen (secondary N) is 3. The normalized spacial score (nSPS) is 11.0. The fourth-order valence-electron chi connectivity index (χ4n) is 3.20. The van der Waals surface area contributed by atoms with E-state index in [2.05, 4.69) is 20.2 Å². The minimum absolute atomic E-state index is 0.00466. The Bertz CT molecular complexity index is 1580. The van der Waals surface area contributed by atoms with Gasteiger partial charge in [-0.15, -0.1) is 0 Å². The molecule has 176 valence electrons. The van der Waals surface area contributed by atoms with Gasteiger partial charge in [-0.05, 0) is 36.4 Å². The van der Waals surface area contributed by atoms with Crippen LogP contribution < -0.4 is 15.6 Å². The summed E-state index contributed by atoms with van der Waals surface area (Å²) in [6.07, 6.45) is 0. The van der Waals surface area contributed by atoms with Crippen molar-refractivity contribution >= 4 is 33.0 Å². The number of anilines is 2. The Morgan fingerprint density at radius 1 is 0.943 bits per heavy atom. The Morgan fingerprint density at radius 3 is 2.46 bits per heavy atom. The quantitative estimate of drug-likeness (QED) is 0.263. The fourth-order valence-corrected chi connectivity index (χ4v) is 4.32. The third-order valence-corrected chi connectivity index (χ3v) is 6.21. The average molecular weight is 491 g/mol. The van der Waals surface area contributed by atoms with Crippen molar-refractivity contribution in [2.45, 2.75) is 4.90 Å². The first-order valence-corrected chi connectivity index (χ1v) is 11.5. The fraction of sp³-hybridized carbons (Fsp3) is 0. The van der Waals surface area contributed by atoms with Crippen molar-refractivity contribution in [1.82, 2.24) is 10.2 Å². The molecular weight excluding hydrogens is 474 g/mol. The Labute approximate surface area is 198 Å². The van der Waals surface area contributed by atoms with Gasteiger partial charge in [0.1, 0.15) is 0 Å². The van der Waals surface area contributed by atoms with E-state index in [1.54, 1.807) is 36.4 Å². The number of aromatic amines is 1. The summed E-state index contributed by atoms with van der Waals surface area (Å²) in [6, 6.07) is 20.1. The average Bonchev–Trinajstić information content (AvgIpc) is 2.85. The lowest BCUT2D eigenvalue weighted by molar-refractivity contribution is -0.385. The predicted molar refractivity (Wildman–Crippen MR) is 129 cm³/mol. The summed E-state index contributed by atoms with van der Waals surface area (Å²) >= 11 is 0. The van der Waals surface area contributed by atoms with Crippen molar-refractivity contribution in [2.24, 2.45) is 0 Å². The first-order chi connectivity index (χ1) is 16.7. The minimum atomic E-state index is -4.22. The van der Waals surface area contributed by atoms with Crippen molar-refractivity contribution in [3.63, 3.8) is 0 Å². The number of para-hydroxylation sites is 1. The van der Waals surface area contributed by atoms with Gasteiger partial charge in [0.2, 0.25) is 0 Å². The van der Waals surface area contributed by atoms with E-state index in [-0.39, 0.29) is 27.4 Å². The number of amides is 1. The highest BCUT2D eigenvalue weighted by molar-refractivity contribution is 7.92. The van der Waals surface area contributed by atoms with Crippen LogP contribution in [0.3, 0.4) is 0 Å².